The Hall–Kier alpha value is -2.54. The van der Waals surface area contributed by atoms with Gasteiger partial charge in [-0.05, 0) is 35.4 Å². The highest BCUT2D eigenvalue weighted by Crippen LogP contribution is 2.32. The van der Waals surface area contributed by atoms with Crippen molar-refractivity contribution in [3.05, 3.63) is 64.3 Å². The summed E-state index contributed by atoms with van der Waals surface area (Å²) in [6.45, 7) is 0.219. The van der Waals surface area contributed by atoms with Crippen LogP contribution in [0.15, 0.2) is 42.6 Å². The van der Waals surface area contributed by atoms with Gasteiger partial charge in [0.05, 0.1) is 12.7 Å². The van der Waals surface area contributed by atoms with Gasteiger partial charge < -0.3 is 10.1 Å². The minimum atomic E-state index is -4.48. The van der Waals surface area contributed by atoms with Crippen LogP contribution in [0.5, 0.6) is 5.88 Å². The summed E-state index contributed by atoms with van der Waals surface area (Å²) in [4.78, 5) is 15.8. The molecule has 0 aliphatic carbocycles. The van der Waals surface area contributed by atoms with Gasteiger partial charge in [-0.1, -0.05) is 17.7 Å². The van der Waals surface area contributed by atoms with Gasteiger partial charge in [-0.15, -0.1) is 0 Å². The van der Waals surface area contributed by atoms with Gasteiger partial charge in [-0.25, -0.2) is 4.98 Å². The average Bonchev–Trinajstić information content (AvgIpc) is 2.58. The number of rotatable bonds is 5. The number of nitrogens with zero attached hydrogens (tertiary/aromatic N) is 1. The molecule has 1 aromatic carbocycles. The summed E-state index contributed by atoms with van der Waals surface area (Å²) in [5.74, 6) is -0.0153. The maximum absolute atomic E-state index is 12.7. The molecule has 1 amide bonds. The molecule has 0 bridgehead atoms. The lowest BCUT2D eigenvalue weighted by Gasteiger charge is -2.08. The van der Waals surface area contributed by atoms with Crippen molar-refractivity contribution in [2.75, 3.05) is 7.11 Å². The van der Waals surface area contributed by atoms with Crippen molar-refractivity contribution in [1.82, 2.24) is 10.3 Å². The highest BCUT2D eigenvalue weighted by Gasteiger charge is 2.30. The van der Waals surface area contributed by atoms with Gasteiger partial charge in [0.2, 0.25) is 11.8 Å². The second-order valence-corrected chi connectivity index (χ2v) is 5.40. The predicted octanol–water partition coefficient (Wildman–Crippen LogP) is 4.09. The van der Waals surface area contributed by atoms with Gasteiger partial charge in [0.15, 0.2) is 0 Å². The molecule has 2 rings (SSSR count). The number of hydrogen-bond donors (Lipinski definition) is 1. The molecular weight excluding hydrogens is 357 g/mol. The van der Waals surface area contributed by atoms with Crippen LogP contribution in [0.3, 0.4) is 0 Å². The molecule has 4 nitrogen and oxygen atoms in total. The Morgan fingerprint density at radius 3 is 2.68 bits per heavy atom. The fourth-order valence-corrected chi connectivity index (χ4v) is 2.08. The number of hydrogen-bond acceptors (Lipinski definition) is 3. The molecule has 0 aliphatic rings. The molecular formula is C17H14ClF3N2O2. The molecule has 0 fully saturated rings. The summed E-state index contributed by atoms with van der Waals surface area (Å²) in [6.07, 6.45) is -0.569. The Morgan fingerprint density at radius 1 is 1.32 bits per heavy atom. The number of methoxy groups -OCH3 is 1. The summed E-state index contributed by atoms with van der Waals surface area (Å²) in [5, 5.41) is 2.72. The second kappa shape index (κ2) is 8.02. The molecule has 132 valence electrons. The van der Waals surface area contributed by atoms with Gasteiger partial charge in [-0.2, -0.15) is 13.2 Å². The van der Waals surface area contributed by atoms with Crippen molar-refractivity contribution in [3.63, 3.8) is 0 Å². The predicted molar refractivity (Wildman–Crippen MR) is 88.1 cm³/mol. The molecule has 1 N–H and O–H groups in total. The number of carbonyl (C=O) groups is 1. The van der Waals surface area contributed by atoms with E-state index in [1.807, 2.05) is 0 Å². The smallest absolute Gasteiger partial charge is 0.416 e. The standard InChI is InChI=1S/C17H14ClF3N2O2/c1-25-16-7-2-11(10-23-16)9-22-15(24)6-3-12-8-13(17(19,20)21)4-5-14(12)18/h2-8,10H,9H2,1H3,(H,22,24). The quantitative estimate of drug-likeness (QED) is 0.806. The topological polar surface area (TPSA) is 51.2 Å². The number of nitrogens with one attached hydrogen (secondary N) is 1. The third-order valence-corrected chi connectivity index (χ3v) is 3.56. The Bertz CT molecular complexity index is 774. The summed E-state index contributed by atoms with van der Waals surface area (Å²) >= 11 is 5.86. The van der Waals surface area contributed by atoms with Crippen molar-refractivity contribution in [1.29, 1.82) is 0 Å². The van der Waals surface area contributed by atoms with Gasteiger partial charge in [0, 0.05) is 29.9 Å². The van der Waals surface area contributed by atoms with Crippen LogP contribution < -0.4 is 10.1 Å². The summed E-state index contributed by atoms with van der Waals surface area (Å²) in [6, 6.07) is 6.31. The number of alkyl halides is 3. The monoisotopic (exact) mass is 370 g/mol. The fraction of sp³-hybridized carbons (Fsp3) is 0.176. The third-order valence-electron chi connectivity index (χ3n) is 3.21. The number of halogens is 4. The molecule has 0 saturated carbocycles. The van der Waals surface area contributed by atoms with E-state index in [4.69, 9.17) is 16.3 Å². The van der Waals surface area contributed by atoms with Crippen molar-refractivity contribution < 1.29 is 22.7 Å². The highest BCUT2D eigenvalue weighted by molar-refractivity contribution is 6.32. The first kappa shape index (κ1) is 18.8. The van der Waals surface area contributed by atoms with Crippen LogP contribution in [-0.4, -0.2) is 18.0 Å². The first-order valence-electron chi connectivity index (χ1n) is 7.11. The van der Waals surface area contributed by atoms with Crippen LogP contribution in [0.25, 0.3) is 6.08 Å². The van der Waals surface area contributed by atoms with Crippen molar-refractivity contribution in [2.45, 2.75) is 12.7 Å². The maximum Gasteiger partial charge on any atom is 0.416 e. The van der Waals surface area contributed by atoms with E-state index < -0.39 is 17.6 Å². The van der Waals surface area contributed by atoms with Crippen LogP contribution in [0, 0.1) is 0 Å². The number of pyridine rings is 1. The van der Waals surface area contributed by atoms with Crippen molar-refractivity contribution in [2.24, 2.45) is 0 Å². The molecule has 0 aliphatic heterocycles. The maximum atomic E-state index is 12.7. The van der Waals surface area contributed by atoms with E-state index in [9.17, 15) is 18.0 Å². The molecule has 0 spiro atoms. The van der Waals surface area contributed by atoms with Crippen LogP contribution in [0.1, 0.15) is 16.7 Å². The van der Waals surface area contributed by atoms with Crippen molar-refractivity contribution in [3.8, 4) is 5.88 Å². The van der Waals surface area contributed by atoms with E-state index in [2.05, 4.69) is 10.3 Å². The van der Waals surface area contributed by atoms with E-state index in [-0.39, 0.29) is 17.1 Å². The molecule has 8 heteroatoms. The van der Waals surface area contributed by atoms with E-state index in [0.717, 1.165) is 29.8 Å². The Morgan fingerprint density at radius 2 is 2.08 bits per heavy atom. The minimum Gasteiger partial charge on any atom is -0.481 e. The zero-order valence-electron chi connectivity index (χ0n) is 13.1. The fourth-order valence-electron chi connectivity index (χ4n) is 1.90. The van der Waals surface area contributed by atoms with Gasteiger partial charge in [0.25, 0.3) is 0 Å². The minimum absolute atomic E-state index is 0.109. The van der Waals surface area contributed by atoms with E-state index in [1.165, 1.54) is 13.2 Å². The zero-order valence-corrected chi connectivity index (χ0v) is 13.9. The molecule has 0 unspecified atom stereocenters. The van der Waals surface area contributed by atoms with Crippen LogP contribution in [-0.2, 0) is 17.5 Å². The Balaban J connectivity index is 1.99. The molecule has 1 heterocycles. The van der Waals surface area contributed by atoms with Gasteiger partial charge in [0.1, 0.15) is 0 Å². The Labute approximate surface area is 147 Å². The number of amides is 1. The molecule has 0 radical (unpaired) electrons. The first-order chi connectivity index (χ1) is 11.8. The summed E-state index contributed by atoms with van der Waals surface area (Å²) < 4.78 is 43.0. The summed E-state index contributed by atoms with van der Waals surface area (Å²) in [7, 11) is 1.49. The van der Waals surface area contributed by atoms with Crippen LogP contribution in [0.2, 0.25) is 5.02 Å². The van der Waals surface area contributed by atoms with E-state index in [1.54, 1.807) is 18.3 Å². The number of benzene rings is 1. The molecule has 0 atom stereocenters. The molecule has 25 heavy (non-hydrogen) atoms. The lowest BCUT2D eigenvalue weighted by atomic mass is 10.1. The number of ether oxygens (including phenoxy) is 1. The lowest BCUT2D eigenvalue weighted by molar-refractivity contribution is -0.137. The second-order valence-electron chi connectivity index (χ2n) is 4.99. The normalized spacial score (nSPS) is 11.6. The van der Waals surface area contributed by atoms with Gasteiger partial charge in [-0.3, -0.25) is 4.79 Å². The third kappa shape index (κ3) is 5.49. The lowest BCUT2D eigenvalue weighted by Crippen LogP contribution is -2.20. The highest BCUT2D eigenvalue weighted by atomic mass is 35.5. The van der Waals surface area contributed by atoms with Crippen molar-refractivity contribution >= 4 is 23.6 Å². The SMILES string of the molecule is COc1ccc(CNC(=O)C=Cc2cc(C(F)(F)F)ccc2Cl)cn1. The largest absolute Gasteiger partial charge is 0.481 e. The summed E-state index contributed by atoms with van der Waals surface area (Å²) in [5.41, 5.74) is 0.0265. The van der Waals surface area contributed by atoms with Crippen LogP contribution in [0.4, 0.5) is 13.2 Å². The molecule has 2 aromatic rings. The van der Waals surface area contributed by atoms with E-state index in [0.29, 0.717) is 5.88 Å². The molecule has 1 aromatic heterocycles. The van der Waals surface area contributed by atoms with Crippen LogP contribution >= 0.6 is 11.6 Å². The zero-order chi connectivity index (χ0) is 18.4. The molecule has 0 saturated heterocycles. The average molecular weight is 371 g/mol. The number of carbonyl (C=O) groups excluding carboxylic acids is 1. The van der Waals surface area contributed by atoms with E-state index >= 15 is 0 Å². The number of aromatic nitrogens is 1. The Kier molecular flexibility index (Phi) is 6.03. The first-order valence-corrected chi connectivity index (χ1v) is 7.49. The van der Waals surface area contributed by atoms with Gasteiger partial charge >= 0.3 is 6.18 Å².